The molecule has 116 valence electrons. The molecule has 22 heavy (non-hydrogen) atoms. The highest BCUT2D eigenvalue weighted by molar-refractivity contribution is 6.32. The number of carbonyl (C=O) groups is 1. The van der Waals surface area contributed by atoms with Crippen LogP contribution >= 0.6 is 11.6 Å². The summed E-state index contributed by atoms with van der Waals surface area (Å²) in [6.07, 6.45) is 0.553. The number of halogens is 1. The van der Waals surface area contributed by atoms with E-state index in [2.05, 4.69) is 0 Å². The molecule has 2 aromatic rings. The van der Waals surface area contributed by atoms with E-state index < -0.39 is 0 Å². The van der Waals surface area contributed by atoms with E-state index in [4.69, 9.17) is 27.8 Å². The summed E-state index contributed by atoms with van der Waals surface area (Å²) in [6.45, 7) is 0.687. The predicted octanol–water partition coefficient (Wildman–Crippen LogP) is 2.52. The fraction of sp³-hybridized carbons (Fsp3) is 0.235. The first-order chi connectivity index (χ1) is 10.6. The first-order valence-corrected chi connectivity index (χ1v) is 7.42. The van der Waals surface area contributed by atoms with Gasteiger partial charge >= 0.3 is 0 Å². The molecule has 0 spiro atoms. The minimum atomic E-state index is -0.367. The van der Waals surface area contributed by atoms with Gasteiger partial charge in [-0.1, -0.05) is 48.0 Å². The number of primary amides is 1. The monoisotopic (exact) mass is 318 g/mol. The fourth-order valence-corrected chi connectivity index (χ4v) is 2.27. The molecule has 0 aromatic heterocycles. The summed E-state index contributed by atoms with van der Waals surface area (Å²) >= 11 is 6.04. The second-order valence-electron chi connectivity index (χ2n) is 5.07. The van der Waals surface area contributed by atoms with Crippen LogP contribution in [0.5, 0.6) is 5.75 Å². The molecule has 0 aliphatic heterocycles. The van der Waals surface area contributed by atoms with Crippen molar-refractivity contribution in [2.45, 2.75) is 13.0 Å². The number of rotatable bonds is 7. The van der Waals surface area contributed by atoms with Crippen molar-refractivity contribution in [2.75, 3.05) is 6.54 Å². The third kappa shape index (κ3) is 4.48. The molecule has 1 atom stereocenters. The Kier molecular flexibility index (Phi) is 5.81. The lowest BCUT2D eigenvalue weighted by Crippen LogP contribution is -2.31. The molecule has 2 aromatic carbocycles. The number of hydrogen-bond donors (Lipinski definition) is 2. The molecule has 4 N–H and O–H groups in total. The maximum Gasteiger partial charge on any atom is 0.222 e. The van der Waals surface area contributed by atoms with Gasteiger partial charge in [0.15, 0.2) is 0 Å². The molecule has 2 rings (SSSR count). The summed E-state index contributed by atoms with van der Waals surface area (Å²) < 4.78 is 5.68. The van der Waals surface area contributed by atoms with Crippen LogP contribution < -0.4 is 16.2 Å². The Labute approximate surface area is 135 Å². The SMILES string of the molecule is NC[C@H](Cc1ccc(COc2ccccc2Cl)cc1)C(N)=O. The van der Waals surface area contributed by atoms with Crippen LogP contribution in [0.1, 0.15) is 11.1 Å². The van der Waals surface area contributed by atoms with E-state index in [-0.39, 0.29) is 18.4 Å². The minimum absolute atomic E-state index is 0.257. The second kappa shape index (κ2) is 7.82. The Balaban J connectivity index is 1.94. The smallest absolute Gasteiger partial charge is 0.222 e. The van der Waals surface area contributed by atoms with Gasteiger partial charge in [0.05, 0.1) is 10.9 Å². The van der Waals surface area contributed by atoms with Crippen molar-refractivity contribution in [1.82, 2.24) is 0 Å². The van der Waals surface area contributed by atoms with E-state index in [1.807, 2.05) is 42.5 Å². The number of ether oxygens (including phenoxy) is 1. The Morgan fingerprint density at radius 3 is 2.32 bits per heavy atom. The summed E-state index contributed by atoms with van der Waals surface area (Å²) in [5.74, 6) is -0.0379. The molecule has 0 aliphatic rings. The summed E-state index contributed by atoms with van der Waals surface area (Å²) in [6, 6.07) is 15.2. The maximum absolute atomic E-state index is 11.2. The summed E-state index contributed by atoms with van der Waals surface area (Å²) in [5.41, 5.74) is 12.9. The van der Waals surface area contributed by atoms with Crippen molar-refractivity contribution >= 4 is 17.5 Å². The average molecular weight is 319 g/mol. The van der Waals surface area contributed by atoms with Crippen LogP contribution in [0.2, 0.25) is 5.02 Å². The van der Waals surface area contributed by atoms with Crippen molar-refractivity contribution in [3.8, 4) is 5.75 Å². The van der Waals surface area contributed by atoms with E-state index in [9.17, 15) is 4.79 Å². The highest BCUT2D eigenvalue weighted by atomic mass is 35.5. The number of para-hydroxylation sites is 1. The molecule has 0 radical (unpaired) electrons. The van der Waals surface area contributed by atoms with Crippen molar-refractivity contribution in [1.29, 1.82) is 0 Å². The van der Waals surface area contributed by atoms with Gasteiger partial charge in [-0.25, -0.2) is 0 Å². The molecule has 0 fully saturated rings. The highest BCUT2D eigenvalue weighted by Crippen LogP contribution is 2.24. The lowest BCUT2D eigenvalue weighted by molar-refractivity contribution is -0.121. The first kappa shape index (κ1) is 16.3. The van der Waals surface area contributed by atoms with E-state index in [1.165, 1.54) is 0 Å². The Hall–Kier alpha value is -2.04. The van der Waals surface area contributed by atoms with Gasteiger partial charge in [-0.05, 0) is 29.7 Å². The molecule has 5 heteroatoms. The second-order valence-corrected chi connectivity index (χ2v) is 5.48. The summed E-state index contributed by atoms with van der Waals surface area (Å²) in [4.78, 5) is 11.2. The van der Waals surface area contributed by atoms with E-state index >= 15 is 0 Å². The van der Waals surface area contributed by atoms with E-state index in [0.29, 0.717) is 23.8 Å². The molecule has 4 nitrogen and oxygen atoms in total. The van der Waals surface area contributed by atoms with Gasteiger partial charge in [-0.2, -0.15) is 0 Å². The van der Waals surface area contributed by atoms with Crippen LogP contribution in [0.25, 0.3) is 0 Å². The third-order valence-corrected chi connectivity index (χ3v) is 3.74. The predicted molar refractivity (Wildman–Crippen MR) is 87.7 cm³/mol. The number of nitrogens with two attached hydrogens (primary N) is 2. The van der Waals surface area contributed by atoms with Crippen molar-refractivity contribution in [3.05, 3.63) is 64.7 Å². The molecular weight excluding hydrogens is 300 g/mol. The Morgan fingerprint density at radius 1 is 1.09 bits per heavy atom. The van der Waals surface area contributed by atoms with Crippen LogP contribution in [-0.2, 0) is 17.8 Å². The number of benzene rings is 2. The third-order valence-electron chi connectivity index (χ3n) is 3.42. The zero-order chi connectivity index (χ0) is 15.9. The largest absolute Gasteiger partial charge is 0.487 e. The molecule has 0 unspecified atom stereocenters. The fourth-order valence-electron chi connectivity index (χ4n) is 2.08. The van der Waals surface area contributed by atoms with Gasteiger partial charge in [0.1, 0.15) is 12.4 Å². The lowest BCUT2D eigenvalue weighted by Gasteiger charge is -2.11. The Bertz CT molecular complexity index is 629. The highest BCUT2D eigenvalue weighted by Gasteiger charge is 2.13. The zero-order valence-corrected chi connectivity index (χ0v) is 12.9. The van der Waals surface area contributed by atoms with Gasteiger partial charge in [0, 0.05) is 6.54 Å². The standard InChI is InChI=1S/C17H19ClN2O2/c18-15-3-1-2-4-16(15)22-11-13-7-5-12(6-8-13)9-14(10-19)17(20)21/h1-8,14H,9-11,19H2,(H2,20,21)/t14-/m0/s1. The van der Waals surface area contributed by atoms with Crippen LogP contribution in [0.15, 0.2) is 48.5 Å². The van der Waals surface area contributed by atoms with Gasteiger partial charge in [-0.15, -0.1) is 0 Å². The van der Waals surface area contributed by atoms with Crippen molar-refractivity contribution < 1.29 is 9.53 Å². The topological polar surface area (TPSA) is 78.3 Å². The van der Waals surface area contributed by atoms with Gasteiger partial charge < -0.3 is 16.2 Å². The van der Waals surface area contributed by atoms with Crippen LogP contribution in [-0.4, -0.2) is 12.5 Å². The van der Waals surface area contributed by atoms with Gasteiger partial charge in [0.2, 0.25) is 5.91 Å². The van der Waals surface area contributed by atoms with E-state index in [1.54, 1.807) is 6.07 Å². The quantitative estimate of drug-likeness (QED) is 0.823. The number of amides is 1. The molecule has 0 bridgehead atoms. The molecule has 1 amide bonds. The summed E-state index contributed by atoms with van der Waals surface area (Å²) in [7, 11) is 0. The average Bonchev–Trinajstić information content (AvgIpc) is 2.52. The van der Waals surface area contributed by atoms with Gasteiger partial charge in [0.25, 0.3) is 0 Å². The zero-order valence-electron chi connectivity index (χ0n) is 12.2. The lowest BCUT2D eigenvalue weighted by atomic mass is 9.98. The molecule has 0 aliphatic carbocycles. The molecular formula is C17H19ClN2O2. The van der Waals surface area contributed by atoms with Crippen molar-refractivity contribution in [2.24, 2.45) is 17.4 Å². The maximum atomic E-state index is 11.2. The summed E-state index contributed by atoms with van der Waals surface area (Å²) in [5, 5.41) is 0.589. The number of carbonyl (C=O) groups excluding carboxylic acids is 1. The van der Waals surface area contributed by atoms with Crippen LogP contribution in [0.4, 0.5) is 0 Å². The molecule has 0 saturated carbocycles. The number of hydrogen-bond acceptors (Lipinski definition) is 3. The normalized spacial score (nSPS) is 11.9. The van der Waals surface area contributed by atoms with E-state index in [0.717, 1.165) is 11.1 Å². The Morgan fingerprint density at radius 2 is 1.73 bits per heavy atom. The van der Waals surface area contributed by atoms with Crippen LogP contribution in [0, 0.1) is 5.92 Å². The minimum Gasteiger partial charge on any atom is -0.487 e. The molecule has 0 heterocycles. The van der Waals surface area contributed by atoms with Crippen molar-refractivity contribution in [3.63, 3.8) is 0 Å². The first-order valence-electron chi connectivity index (χ1n) is 7.04. The van der Waals surface area contributed by atoms with Gasteiger partial charge in [-0.3, -0.25) is 4.79 Å². The van der Waals surface area contributed by atoms with Crippen LogP contribution in [0.3, 0.4) is 0 Å². The molecule has 0 saturated heterocycles.